The van der Waals surface area contributed by atoms with Crippen LogP contribution in [0.4, 0.5) is 0 Å². The van der Waals surface area contributed by atoms with E-state index in [2.05, 4.69) is 11.7 Å². The summed E-state index contributed by atoms with van der Waals surface area (Å²) in [5, 5.41) is 9.79. The minimum atomic E-state index is -0.106. The fraction of sp³-hybridized carbons (Fsp3) is 0.100. The maximum atomic E-state index is 9.12. The smallest absolute Gasteiger partial charge is 0.210 e. The zero-order chi connectivity index (χ0) is 9.84. The van der Waals surface area contributed by atoms with Crippen molar-refractivity contribution in [2.24, 2.45) is 4.99 Å². The van der Waals surface area contributed by atoms with E-state index in [0.717, 1.165) is 11.1 Å². The number of nitrogens with zero attached hydrogens (tertiary/aromatic N) is 1. The minimum Gasteiger partial charge on any atom is -0.493 e. The number of aliphatic hydroxyl groups excluding tert-OH is 1. The molecule has 0 aliphatic carbocycles. The second kappa shape index (κ2) is 4.10. The molecule has 0 aromatic heterocycles. The first-order chi connectivity index (χ1) is 6.15. The van der Waals surface area contributed by atoms with Gasteiger partial charge >= 0.3 is 0 Å². The summed E-state index contributed by atoms with van der Waals surface area (Å²) in [5.74, 6) is -0.106. The maximum Gasteiger partial charge on any atom is 0.210 e. The van der Waals surface area contributed by atoms with Crippen molar-refractivity contribution in [1.29, 1.82) is 0 Å². The first kappa shape index (κ1) is 9.81. The third-order valence-electron chi connectivity index (χ3n) is 1.76. The highest BCUT2D eigenvalue weighted by atomic mass is 35.5. The van der Waals surface area contributed by atoms with Crippen LogP contribution in [0, 0.1) is 6.92 Å². The molecular weight excluding hydrogens is 186 g/mol. The highest BCUT2D eigenvalue weighted by Crippen LogP contribution is 2.20. The van der Waals surface area contributed by atoms with Gasteiger partial charge in [-0.2, -0.15) is 0 Å². The van der Waals surface area contributed by atoms with Gasteiger partial charge in [-0.3, -0.25) is 0 Å². The number of benzene rings is 1. The van der Waals surface area contributed by atoms with Gasteiger partial charge in [0.05, 0.1) is 0 Å². The molecule has 2 nitrogen and oxygen atoms in total. The summed E-state index contributed by atoms with van der Waals surface area (Å²) in [6.07, 6.45) is 1.52. The van der Waals surface area contributed by atoms with Crippen LogP contribution in [-0.2, 0) is 0 Å². The third kappa shape index (κ3) is 2.33. The van der Waals surface area contributed by atoms with Gasteiger partial charge < -0.3 is 5.11 Å². The Morgan fingerprint density at radius 3 is 2.92 bits per heavy atom. The van der Waals surface area contributed by atoms with E-state index in [9.17, 15) is 0 Å². The van der Waals surface area contributed by atoms with E-state index in [4.69, 9.17) is 16.7 Å². The Morgan fingerprint density at radius 1 is 1.62 bits per heavy atom. The van der Waals surface area contributed by atoms with Crippen LogP contribution in [0.3, 0.4) is 0 Å². The summed E-state index contributed by atoms with van der Waals surface area (Å²) in [6.45, 7) is 5.09. The molecule has 3 heteroatoms. The number of halogens is 1. The van der Waals surface area contributed by atoms with Crippen LogP contribution in [0.2, 0.25) is 5.02 Å². The van der Waals surface area contributed by atoms with Crippen LogP contribution in [0.5, 0.6) is 0 Å². The first-order valence-electron chi connectivity index (χ1n) is 3.77. The Kier molecular flexibility index (Phi) is 3.09. The van der Waals surface area contributed by atoms with E-state index < -0.39 is 0 Å². The zero-order valence-corrected chi connectivity index (χ0v) is 8.04. The Morgan fingerprint density at radius 2 is 2.31 bits per heavy atom. The van der Waals surface area contributed by atoms with Crippen molar-refractivity contribution in [3.05, 3.63) is 40.2 Å². The molecular formula is C10H10ClNO. The molecule has 1 rings (SSSR count). The van der Waals surface area contributed by atoms with Gasteiger partial charge in [-0.15, -0.1) is 0 Å². The second-order valence-corrected chi connectivity index (χ2v) is 3.02. The van der Waals surface area contributed by atoms with Crippen molar-refractivity contribution >= 4 is 24.4 Å². The molecule has 1 aromatic carbocycles. The van der Waals surface area contributed by atoms with Gasteiger partial charge in [0.1, 0.15) is 0 Å². The zero-order valence-electron chi connectivity index (χ0n) is 7.29. The van der Waals surface area contributed by atoms with Crippen LogP contribution in [0.1, 0.15) is 11.1 Å². The predicted molar refractivity (Wildman–Crippen MR) is 56.3 cm³/mol. The van der Waals surface area contributed by atoms with Crippen molar-refractivity contribution in [3.8, 4) is 0 Å². The average molecular weight is 196 g/mol. The minimum absolute atomic E-state index is 0.106. The molecule has 0 unspecified atom stereocenters. The molecule has 0 atom stereocenters. The molecule has 0 saturated heterocycles. The molecule has 1 N–H and O–H groups in total. The summed E-state index contributed by atoms with van der Waals surface area (Å²) < 4.78 is 0. The van der Waals surface area contributed by atoms with Crippen LogP contribution >= 0.6 is 11.6 Å². The summed E-state index contributed by atoms with van der Waals surface area (Å²) in [6, 6.07) is 5.47. The van der Waals surface area contributed by atoms with Crippen molar-refractivity contribution in [2.75, 3.05) is 0 Å². The molecule has 0 heterocycles. The predicted octanol–water partition coefficient (Wildman–Crippen LogP) is 3.21. The van der Waals surface area contributed by atoms with Gasteiger partial charge in [-0.25, -0.2) is 4.99 Å². The van der Waals surface area contributed by atoms with Crippen molar-refractivity contribution < 1.29 is 5.11 Å². The molecule has 0 aliphatic rings. The lowest BCUT2D eigenvalue weighted by Gasteiger charge is -2.01. The van der Waals surface area contributed by atoms with Crippen LogP contribution in [0.25, 0.3) is 6.08 Å². The van der Waals surface area contributed by atoms with E-state index in [-0.39, 0.29) is 5.88 Å². The normalized spacial score (nSPS) is 11.4. The van der Waals surface area contributed by atoms with E-state index in [0.29, 0.717) is 5.02 Å². The molecule has 0 spiro atoms. The Bertz CT molecular complexity index is 358. The van der Waals surface area contributed by atoms with E-state index in [1.807, 2.05) is 19.1 Å². The number of aliphatic imine (C=N–C) groups is 1. The average Bonchev–Trinajstić information content (AvgIpc) is 2.13. The number of aliphatic hydroxyl groups is 1. The first-order valence-corrected chi connectivity index (χ1v) is 4.15. The quantitative estimate of drug-likeness (QED) is 0.571. The highest BCUT2D eigenvalue weighted by molar-refractivity contribution is 6.31. The van der Waals surface area contributed by atoms with E-state index in [1.165, 1.54) is 6.08 Å². The lowest BCUT2D eigenvalue weighted by molar-refractivity contribution is 0.413. The summed E-state index contributed by atoms with van der Waals surface area (Å²) in [7, 11) is 0. The van der Waals surface area contributed by atoms with E-state index in [1.54, 1.807) is 6.07 Å². The number of rotatable bonds is 2. The van der Waals surface area contributed by atoms with Gasteiger partial charge in [-0.05, 0) is 30.8 Å². The van der Waals surface area contributed by atoms with Crippen LogP contribution in [-0.4, -0.2) is 11.8 Å². The largest absolute Gasteiger partial charge is 0.493 e. The molecule has 68 valence electrons. The van der Waals surface area contributed by atoms with Gasteiger partial charge in [0.15, 0.2) is 0 Å². The van der Waals surface area contributed by atoms with Gasteiger partial charge in [0, 0.05) is 11.1 Å². The number of hydrogen-bond donors (Lipinski definition) is 1. The molecule has 0 bridgehead atoms. The fourth-order valence-corrected chi connectivity index (χ4v) is 1.15. The Hall–Kier alpha value is -1.28. The standard InChI is InChI=1S/C10H10ClNO/c1-7-8(6-10(13)12-2)4-3-5-9(7)11/h3-6,13H,2H2,1H3/b10-6+. The third-order valence-corrected chi connectivity index (χ3v) is 2.17. The van der Waals surface area contributed by atoms with Crippen molar-refractivity contribution in [1.82, 2.24) is 0 Å². The molecule has 0 saturated carbocycles. The number of hydrogen-bond acceptors (Lipinski definition) is 2. The van der Waals surface area contributed by atoms with E-state index >= 15 is 0 Å². The van der Waals surface area contributed by atoms with Crippen molar-refractivity contribution in [3.63, 3.8) is 0 Å². The summed E-state index contributed by atoms with van der Waals surface area (Å²) in [4.78, 5) is 3.38. The second-order valence-electron chi connectivity index (χ2n) is 2.61. The lowest BCUT2D eigenvalue weighted by Crippen LogP contribution is -1.83. The van der Waals surface area contributed by atoms with Gasteiger partial charge in [0.25, 0.3) is 0 Å². The monoisotopic (exact) mass is 195 g/mol. The fourth-order valence-electron chi connectivity index (χ4n) is 0.965. The molecule has 0 amide bonds. The lowest BCUT2D eigenvalue weighted by atomic mass is 10.1. The molecule has 0 fully saturated rings. The molecule has 1 aromatic rings. The van der Waals surface area contributed by atoms with Crippen LogP contribution in [0.15, 0.2) is 29.1 Å². The Labute approximate surface area is 82.2 Å². The van der Waals surface area contributed by atoms with Gasteiger partial charge in [-0.1, -0.05) is 23.7 Å². The molecule has 13 heavy (non-hydrogen) atoms. The summed E-state index contributed by atoms with van der Waals surface area (Å²) in [5.41, 5.74) is 1.76. The van der Waals surface area contributed by atoms with Gasteiger partial charge in [0.2, 0.25) is 5.88 Å². The molecule has 0 aliphatic heterocycles. The molecule has 0 radical (unpaired) electrons. The SMILES string of the molecule is C=N/C(O)=C\c1cccc(Cl)c1C. The highest BCUT2D eigenvalue weighted by Gasteiger charge is 1.99. The van der Waals surface area contributed by atoms with Crippen LogP contribution < -0.4 is 0 Å². The van der Waals surface area contributed by atoms with Crippen molar-refractivity contribution in [2.45, 2.75) is 6.92 Å². The topological polar surface area (TPSA) is 32.6 Å². The Balaban J connectivity index is 3.16. The maximum absolute atomic E-state index is 9.12. The summed E-state index contributed by atoms with van der Waals surface area (Å²) >= 11 is 5.88.